The lowest BCUT2D eigenvalue weighted by Gasteiger charge is -2.22. The van der Waals surface area contributed by atoms with Gasteiger partial charge in [0.25, 0.3) is 5.91 Å². The molecule has 0 fully saturated rings. The fourth-order valence-corrected chi connectivity index (χ4v) is 4.06. The third-order valence-electron chi connectivity index (χ3n) is 4.05. The van der Waals surface area contributed by atoms with E-state index in [1.165, 1.54) is 11.3 Å². The minimum Gasteiger partial charge on any atom is -0.462 e. The number of rotatable bonds is 6. The normalized spacial score (nSPS) is 12.5. The zero-order valence-corrected chi connectivity index (χ0v) is 17.5. The molecule has 152 valence electrons. The summed E-state index contributed by atoms with van der Waals surface area (Å²) in [6.45, 7) is 10.3. The Morgan fingerprint density at radius 2 is 1.86 bits per heavy atom. The number of amides is 1. The van der Waals surface area contributed by atoms with Crippen molar-refractivity contribution in [3.8, 4) is 0 Å². The van der Waals surface area contributed by atoms with E-state index >= 15 is 0 Å². The quantitative estimate of drug-likeness (QED) is 0.596. The van der Waals surface area contributed by atoms with Crippen LogP contribution in [0.3, 0.4) is 0 Å². The fraction of sp³-hybridized carbons (Fsp3) is 0.429. The summed E-state index contributed by atoms with van der Waals surface area (Å²) in [5.41, 5.74) is -0.123. The lowest BCUT2D eigenvalue weighted by Crippen LogP contribution is -2.15. The number of hydrogen-bond donors (Lipinski definition) is 1. The molecule has 28 heavy (non-hydrogen) atoms. The van der Waals surface area contributed by atoms with Crippen LogP contribution in [0.2, 0.25) is 0 Å². The van der Waals surface area contributed by atoms with Crippen molar-refractivity contribution in [1.29, 1.82) is 0 Å². The summed E-state index contributed by atoms with van der Waals surface area (Å²) < 4.78 is 32.4. The summed E-state index contributed by atoms with van der Waals surface area (Å²) in [6, 6.07) is 4.36. The van der Waals surface area contributed by atoms with E-state index in [-0.39, 0.29) is 28.5 Å². The van der Waals surface area contributed by atoms with Crippen molar-refractivity contribution in [2.75, 3.05) is 11.9 Å². The van der Waals surface area contributed by atoms with Crippen LogP contribution in [0.25, 0.3) is 0 Å². The number of ether oxygens (including phenoxy) is 1. The fourth-order valence-electron chi connectivity index (χ4n) is 2.97. The summed E-state index contributed by atoms with van der Waals surface area (Å²) >= 11 is 1.25. The lowest BCUT2D eigenvalue weighted by molar-refractivity contribution is 0.0528. The van der Waals surface area contributed by atoms with Crippen molar-refractivity contribution < 1.29 is 23.1 Å². The van der Waals surface area contributed by atoms with E-state index in [0.717, 1.165) is 29.5 Å². The van der Waals surface area contributed by atoms with Crippen LogP contribution in [0.15, 0.2) is 24.3 Å². The van der Waals surface area contributed by atoms with E-state index in [0.29, 0.717) is 0 Å². The van der Waals surface area contributed by atoms with Gasteiger partial charge in [0.15, 0.2) is 0 Å². The second-order valence-corrected chi connectivity index (χ2v) is 8.94. The van der Waals surface area contributed by atoms with Crippen LogP contribution in [-0.2, 0) is 4.74 Å². The SMILES string of the molecule is CCOC(=O)c1cc([C@H](C)CC(C)(C)C)sc1NC(=O)c1cc(F)ccc1F. The summed E-state index contributed by atoms with van der Waals surface area (Å²) in [5.74, 6) is -2.80. The molecule has 0 bridgehead atoms. The molecule has 1 N–H and O–H groups in total. The molecule has 0 aliphatic heterocycles. The van der Waals surface area contributed by atoms with Gasteiger partial charge in [-0.05, 0) is 48.9 Å². The summed E-state index contributed by atoms with van der Waals surface area (Å²) in [7, 11) is 0. The second-order valence-electron chi connectivity index (χ2n) is 7.86. The number of carbonyl (C=O) groups excluding carboxylic acids is 2. The van der Waals surface area contributed by atoms with Crippen LogP contribution >= 0.6 is 11.3 Å². The molecule has 0 spiro atoms. The lowest BCUT2D eigenvalue weighted by atomic mass is 9.85. The molecule has 7 heteroatoms. The van der Waals surface area contributed by atoms with Gasteiger partial charge >= 0.3 is 5.97 Å². The maximum absolute atomic E-state index is 13.9. The highest BCUT2D eigenvalue weighted by atomic mass is 32.1. The molecule has 4 nitrogen and oxygen atoms in total. The van der Waals surface area contributed by atoms with Gasteiger partial charge in [-0.3, -0.25) is 4.79 Å². The van der Waals surface area contributed by atoms with Crippen molar-refractivity contribution in [2.45, 2.75) is 47.0 Å². The van der Waals surface area contributed by atoms with Crippen molar-refractivity contribution in [2.24, 2.45) is 5.41 Å². The van der Waals surface area contributed by atoms with Gasteiger partial charge in [0.1, 0.15) is 16.6 Å². The summed E-state index contributed by atoms with van der Waals surface area (Å²) in [4.78, 5) is 25.7. The third-order valence-corrected chi connectivity index (χ3v) is 5.33. The highest BCUT2D eigenvalue weighted by molar-refractivity contribution is 7.16. The van der Waals surface area contributed by atoms with E-state index in [1.807, 2.05) is 6.92 Å². The maximum Gasteiger partial charge on any atom is 0.341 e. The van der Waals surface area contributed by atoms with E-state index in [1.54, 1.807) is 13.0 Å². The van der Waals surface area contributed by atoms with Crippen LogP contribution in [0.5, 0.6) is 0 Å². The number of halogens is 2. The molecule has 2 aromatic rings. The average Bonchev–Trinajstić information content (AvgIpc) is 3.00. The Balaban J connectivity index is 2.36. The van der Waals surface area contributed by atoms with Gasteiger partial charge in [-0.15, -0.1) is 11.3 Å². The minimum atomic E-state index is -0.838. The maximum atomic E-state index is 13.9. The number of benzene rings is 1. The number of anilines is 1. The molecule has 0 aliphatic carbocycles. The molecule has 1 amide bonds. The Morgan fingerprint density at radius 3 is 2.46 bits per heavy atom. The largest absolute Gasteiger partial charge is 0.462 e. The molecule has 2 rings (SSSR count). The van der Waals surface area contributed by atoms with Gasteiger partial charge in [-0.25, -0.2) is 13.6 Å². The first kappa shape index (κ1) is 22.0. The predicted molar refractivity (Wildman–Crippen MR) is 107 cm³/mol. The van der Waals surface area contributed by atoms with E-state index in [9.17, 15) is 18.4 Å². The monoisotopic (exact) mass is 409 g/mol. The van der Waals surface area contributed by atoms with Gasteiger partial charge < -0.3 is 10.1 Å². The summed E-state index contributed by atoms with van der Waals surface area (Å²) in [5, 5.41) is 2.81. The zero-order chi connectivity index (χ0) is 21.1. The van der Waals surface area contributed by atoms with Gasteiger partial charge in [0.2, 0.25) is 0 Å². The Bertz CT molecular complexity index is 871. The molecule has 1 heterocycles. The van der Waals surface area contributed by atoms with E-state index < -0.39 is 29.1 Å². The summed E-state index contributed by atoms with van der Waals surface area (Å²) in [6.07, 6.45) is 0.877. The van der Waals surface area contributed by atoms with Crippen LogP contribution in [-0.4, -0.2) is 18.5 Å². The molecule has 0 saturated carbocycles. The molecule has 0 unspecified atom stereocenters. The number of carbonyl (C=O) groups is 2. The first-order chi connectivity index (χ1) is 13.0. The number of hydrogen-bond acceptors (Lipinski definition) is 4. The molecule has 1 aromatic carbocycles. The zero-order valence-electron chi connectivity index (χ0n) is 16.7. The molecular weight excluding hydrogens is 384 g/mol. The van der Waals surface area contributed by atoms with Crippen LogP contribution in [0.4, 0.5) is 13.8 Å². The highest BCUT2D eigenvalue weighted by Crippen LogP contribution is 2.38. The standard InChI is InChI=1S/C21H25F2NO3S/c1-6-27-20(26)15-10-17(12(2)11-21(3,4)5)28-19(15)24-18(25)14-9-13(22)7-8-16(14)23/h7-10,12H,6,11H2,1-5H3,(H,24,25)/t12-/m1/s1. The Kier molecular flexibility index (Phi) is 6.93. The van der Waals surface area contributed by atoms with Gasteiger partial charge in [-0.2, -0.15) is 0 Å². The van der Waals surface area contributed by atoms with Crippen LogP contribution in [0.1, 0.15) is 72.6 Å². The molecule has 0 aliphatic rings. The first-order valence-corrected chi connectivity index (χ1v) is 9.90. The molecule has 0 saturated heterocycles. The predicted octanol–water partition coefficient (Wildman–Crippen LogP) is 6.00. The molecule has 0 radical (unpaired) electrons. The smallest absolute Gasteiger partial charge is 0.341 e. The van der Waals surface area contributed by atoms with E-state index in [2.05, 4.69) is 26.1 Å². The Hall–Kier alpha value is -2.28. The van der Waals surface area contributed by atoms with Crippen molar-refractivity contribution in [3.05, 3.63) is 51.9 Å². The van der Waals surface area contributed by atoms with Gasteiger partial charge in [0, 0.05) is 4.88 Å². The molecule has 1 atom stereocenters. The topological polar surface area (TPSA) is 55.4 Å². The Labute approximate surface area is 167 Å². The molecular formula is C21H25F2NO3S. The number of nitrogens with one attached hydrogen (secondary N) is 1. The highest BCUT2D eigenvalue weighted by Gasteiger charge is 2.25. The van der Waals surface area contributed by atoms with Crippen LogP contribution in [0, 0.1) is 17.0 Å². The molecule has 1 aromatic heterocycles. The first-order valence-electron chi connectivity index (χ1n) is 9.09. The number of esters is 1. The second kappa shape index (κ2) is 8.82. The van der Waals surface area contributed by atoms with Crippen LogP contribution < -0.4 is 5.32 Å². The minimum absolute atomic E-state index is 0.0849. The van der Waals surface area contributed by atoms with Crippen molar-refractivity contribution in [1.82, 2.24) is 0 Å². The van der Waals surface area contributed by atoms with Crippen molar-refractivity contribution in [3.63, 3.8) is 0 Å². The van der Waals surface area contributed by atoms with Gasteiger partial charge in [-0.1, -0.05) is 27.7 Å². The van der Waals surface area contributed by atoms with E-state index in [4.69, 9.17) is 4.74 Å². The third kappa shape index (κ3) is 5.61. The van der Waals surface area contributed by atoms with Gasteiger partial charge in [0.05, 0.1) is 17.7 Å². The number of thiophene rings is 1. The Morgan fingerprint density at radius 1 is 1.18 bits per heavy atom. The average molecular weight is 409 g/mol. The van der Waals surface area contributed by atoms with Crippen molar-refractivity contribution >= 4 is 28.2 Å².